The fourth-order valence-electron chi connectivity index (χ4n) is 3.26. The first-order chi connectivity index (χ1) is 15.0. The molecule has 3 aromatic rings. The van der Waals surface area contributed by atoms with E-state index in [0.717, 1.165) is 5.56 Å². The van der Waals surface area contributed by atoms with E-state index in [1.807, 2.05) is 6.92 Å². The van der Waals surface area contributed by atoms with Crippen molar-refractivity contribution in [1.29, 1.82) is 0 Å². The Bertz CT molecular complexity index is 1100. The highest BCUT2D eigenvalue weighted by Gasteiger charge is 2.28. The summed E-state index contributed by atoms with van der Waals surface area (Å²) in [5.74, 6) is 0.290. The lowest BCUT2D eigenvalue weighted by Crippen LogP contribution is -2.29. The second-order valence-corrected chi connectivity index (χ2v) is 6.78. The van der Waals surface area contributed by atoms with Crippen LogP contribution >= 0.6 is 0 Å². The van der Waals surface area contributed by atoms with Crippen molar-refractivity contribution in [2.75, 3.05) is 23.8 Å². The summed E-state index contributed by atoms with van der Waals surface area (Å²) in [6, 6.07) is 10.4. The molecule has 2 heterocycles. The molecule has 0 saturated heterocycles. The predicted octanol–water partition coefficient (Wildman–Crippen LogP) is 2.77. The van der Waals surface area contributed by atoms with Crippen molar-refractivity contribution in [2.24, 2.45) is 0 Å². The number of nitrogens with one attached hydrogen (secondary N) is 2. The van der Waals surface area contributed by atoms with Gasteiger partial charge in [0.05, 0.1) is 19.1 Å². The molecule has 2 amide bonds. The van der Waals surface area contributed by atoms with Crippen molar-refractivity contribution in [3.63, 3.8) is 0 Å². The maximum absolute atomic E-state index is 13.0. The summed E-state index contributed by atoms with van der Waals surface area (Å²) in [6.07, 6.45) is 1.59. The first-order valence-corrected chi connectivity index (χ1v) is 9.68. The van der Waals surface area contributed by atoms with Gasteiger partial charge in [-0.2, -0.15) is 10.1 Å². The second-order valence-electron chi connectivity index (χ2n) is 6.78. The predicted molar refractivity (Wildman–Crippen MR) is 110 cm³/mol. The minimum absolute atomic E-state index is 0.152. The number of aromatic nitrogens is 3. The zero-order valence-electron chi connectivity index (χ0n) is 16.7. The van der Waals surface area contributed by atoms with E-state index in [4.69, 9.17) is 9.47 Å². The van der Waals surface area contributed by atoms with Crippen LogP contribution in [0.3, 0.4) is 0 Å². The largest absolute Gasteiger partial charge is 0.490 e. The molecule has 2 aromatic carbocycles. The van der Waals surface area contributed by atoms with E-state index < -0.39 is 5.91 Å². The number of carbonyl (C=O) groups excluding carboxylic acids is 2. The Morgan fingerprint density at radius 1 is 1.23 bits per heavy atom. The van der Waals surface area contributed by atoms with Gasteiger partial charge in [-0.05, 0) is 48.9 Å². The summed E-state index contributed by atoms with van der Waals surface area (Å²) in [5, 5.41) is 9.50. The van der Waals surface area contributed by atoms with E-state index in [-0.39, 0.29) is 30.8 Å². The first-order valence-electron chi connectivity index (χ1n) is 9.68. The van der Waals surface area contributed by atoms with E-state index in [9.17, 15) is 14.0 Å². The minimum Gasteiger partial charge on any atom is -0.490 e. The number of rotatable bonds is 7. The molecule has 9 nitrogen and oxygen atoms in total. The number of hydrogen-bond acceptors (Lipinski definition) is 6. The Balaban J connectivity index is 1.48. The zero-order valence-corrected chi connectivity index (χ0v) is 16.7. The maximum Gasteiger partial charge on any atom is 0.262 e. The standard InChI is InChI=1S/C21H20FN5O4/c1-2-30-18-9-13(16-10-19(28)26-21-23-12-24-27(16)21)3-8-17(18)31-11-20(29)25-15-6-4-14(22)5-7-15/h3-9,12,16H,2,10-11H2,1H3,(H,25,29)(H,23,24,26,28)/t16-/m1/s1. The molecule has 160 valence electrons. The van der Waals surface area contributed by atoms with Gasteiger partial charge in [-0.1, -0.05) is 6.07 Å². The number of amides is 2. The number of benzene rings is 2. The highest BCUT2D eigenvalue weighted by Crippen LogP contribution is 2.35. The molecule has 1 aromatic heterocycles. The average molecular weight is 425 g/mol. The lowest BCUT2D eigenvalue weighted by atomic mass is 10.0. The van der Waals surface area contributed by atoms with Crippen molar-refractivity contribution in [2.45, 2.75) is 19.4 Å². The number of nitrogens with zero attached hydrogens (tertiary/aromatic N) is 3. The number of ether oxygens (including phenoxy) is 2. The minimum atomic E-state index is -0.394. The topological polar surface area (TPSA) is 107 Å². The van der Waals surface area contributed by atoms with Crippen LogP contribution in [-0.4, -0.2) is 39.8 Å². The van der Waals surface area contributed by atoms with E-state index >= 15 is 0 Å². The van der Waals surface area contributed by atoms with Gasteiger partial charge in [0.25, 0.3) is 5.91 Å². The van der Waals surface area contributed by atoms with Crippen LogP contribution in [0, 0.1) is 5.82 Å². The molecular formula is C21H20FN5O4. The van der Waals surface area contributed by atoms with Crippen LogP contribution in [0.1, 0.15) is 24.9 Å². The number of anilines is 2. The quantitative estimate of drug-likeness (QED) is 0.603. The van der Waals surface area contributed by atoms with Gasteiger partial charge in [0.1, 0.15) is 12.1 Å². The molecule has 1 atom stereocenters. The van der Waals surface area contributed by atoms with Gasteiger partial charge in [0, 0.05) is 5.69 Å². The van der Waals surface area contributed by atoms with Crippen LogP contribution in [-0.2, 0) is 9.59 Å². The molecule has 0 unspecified atom stereocenters. The maximum atomic E-state index is 13.0. The molecular weight excluding hydrogens is 405 g/mol. The lowest BCUT2D eigenvalue weighted by molar-refractivity contribution is -0.118. The smallest absolute Gasteiger partial charge is 0.262 e. The van der Waals surface area contributed by atoms with Gasteiger partial charge < -0.3 is 14.8 Å². The second kappa shape index (κ2) is 8.82. The van der Waals surface area contributed by atoms with Crippen LogP contribution in [0.25, 0.3) is 0 Å². The summed E-state index contributed by atoms with van der Waals surface area (Å²) in [5.41, 5.74) is 1.27. The first kappa shape index (κ1) is 20.3. The molecule has 1 aliphatic rings. The van der Waals surface area contributed by atoms with Crippen molar-refractivity contribution < 1.29 is 23.5 Å². The highest BCUT2D eigenvalue weighted by atomic mass is 19.1. The molecule has 10 heteroatoms. The van der Waals surface area contributed by atoms with E-state index in [1.165, 1.54) is 30.6 Å². The third-order valence-electron chi connectivity index (χ3n) is 4.64. The van der Waals surface area contributed by atoms with E-state index in [1.54, 1.807) is 22.9 Å². The normalized spacial score (nSPS) is 15.0. The van der Waals surface area contributed by atoms with E-state index in [0.29, 0.717) is 29.7 Å². The number of fused-ring (bicyclic) bond motifs is 1. The van der Waals surface area contributed by atoms with Gasteiger partial charge in [0.2, 0.25) is 11.9 Å². The Morgan fingerprint density at radius 3 is 2.81 bits per heavy atom. The van der Waals surface area contributed by atoms with Gasteiger partial charge in [-0.15, -0.1) is 0 Å². The van der Waals surface area contributed by atoms with Crippen LogP contribution in [0.15, 0.2) is 48.8 Å². The molecule has 0 bridgehead atoms. The summed E-state index contributed by atoms with van der Waals surface area (Å²) < 4.78 is 25.9. The van der Waals surface area contributed by atoms with Crippen LogP contribution in [0.4, 0.5) is 16.0 Å². The van der Waals surface area contributed by atoms with Gasteiger partial charge >= 0.3 is 0 Å². The van der Waals surface area contributed by atoms with Crippen molar-refractivity contribution in [3.8, 4) is 11.5 Å². The molecule has 2 N–H and O–H groups in total. The number of halogens is 1. The molecule has 0 radical (unpaired) electrons. The van der Waals surface area contributed by atoms with Crippen LogP contribution < -0.4 is 20.1 Å². The van der Waals surface area contributed by atoms with Gasteiger partial charge in [0.15, 0.2) is 18.1 Å². The average Bonchev–Trinajstić information content (AvgIpc) is 3.22. The Labute approximate surface area is 177 Å². The molecule has 0 fully saturated rings. The Hall–Kier alpha value is -3.95. The molecule has 0 aliphatic carbocycles. The Morgan fingerprint density at radius 2 is 2.03 bits per heavy atom. The third-order valence-corrected chi connectivity index (χ3v) is 4.64. The fourth-order valence-corrected chi connectivity index (χ4v) is 3.26. The van der Waals surface area contributed by atoms with Crippen molar-refractivity contribution in [1.82, 2.24) is 14.8 Å². The fraction of sp³-hybridized carbons (Fsp3) is 0.238. The number of hydrogen-bond donors (Lipinski definition) is 2. The zero-order chi connectivity index (χ0) is 21.8. The summed E-state index contributed by atoms with van der Waals surface area (Å²) >= 11 is 0. The summed E-state index contributed by atoms with van der Waals surface area (Å²) in [4.78, 5) is 28.2. The molecule has 0 spiro atoms. The summed E-state index contributed by atoms with van der Waals surface area (Å²) in [6.45, 7) is 1.97. The van der Waals surface area contributed by atoms with Crippen molar-refractivity contribution >= 4 is 23.5 Å². The number of carbonyl (C=O) groups is 2. The van der Waals surface area contributed by atoms with Gasteiger partial charge in [-0.3, -0.25) is 14.9 Å². The molecule has 0 saturated carbocycles. The molecule has 31 heavy (non-hydrogen) atoms. The highest BCUT2D eigenvalue weighted by molar-refractivity contribution is 5.92. The third kappa shape index (κ3) is 4.63. The van der Waals surface area contributed by atoms with Crippen LogP contribution in [0.5, 0.6) is 11.5 Å². The lowest BCUT2D eigenvalue weighted by Gasteiger charge is -2.24. The Kier molecular flexibility index (Phi) is 5.78. The van der Waals surface area contributed by atoms with E-state index in [2.05, 4.69) is 20.7 Å². The molecule has 4 rings (SSSR count). The summed E-state index contributed by atoms with van der Waals surface area (Å²) in [7, 11) is 0. The monoisotopic (exact) mass is 425 g/mol. The SMILES string of the molecule is CCOc1cc([C@H]2CC(=O)Nc3ncnn32)ccc1OCC(=O)Nc1ccc(F)cc1. The van der Waals surface area contributed by atoms with Crippen molar-refractivity contribution in [3.05, 3.63) is 60.2 Å². The van der Waals surface area contributed by atoms with Gasteiger partial charge in [-0.25, -0.2) is 9.07 Å². The van der Waals surface area contributed by atoms with Crippen LogP contribution in [0.2, 0.25) is 0 Å². The molecule has 1 aliphatic heterocycles.